The molecule has 1 N–H and O–H groups in total. The Bertz CT molecular complexity index is 892. The quantitative estimate of drug-likeness (QED) is 0.549. The van der Waals surface area contributed by atoms with Crippen molar-refractivity contribution in [3.8, 4) is 11.8 Å². The molecule has 0 saturated carbocycles. The summed E-state index contributed by atoms with van der Waals surface area (Å²) in [4.78, 5) is 8.52. The average Bonchev–Trinajstić information content (AvgIpc) is 2.58. The first-order valence-electron chi connectivity index (χ1n) is 7.12. The lowest BCUT2D eigenvalue weighted by Crippen LogP contribution is -2.03. The summed E-state index contributed by atoms with van der Waals surface area (Å²) in [6.45, 7) is 0.687. The minimum Gasteiger partial charge on any atom is -0.368 e. The molecule has 3 rings (SSSR count). The smallest absolute Gasteiger partial charge is 0.137 e. The molecular weight excluding hydrogens is 329 g/mol. The molecule has 0 spiro atoms. The van der Waals surface area contributed by atoms with Crippen molar-refractivity contribution in [2.24, 2.45) is 0 Å². The van der Waals surface area contributed by atoms with Crippen LogP contribution in [0.5, 0.6) is 0 Å². The number of anilines is 1. The Hall–Kier alpha value is -2.28. The molecule has 1 heterocycles. The number of nitrogens with one attached hydrogen (secondary N) is 1. The third kappa shape index (κ3) is 3.73. The van der Waals surface area contributed by atoms with Crippen molar-refractivity contribution in [3.05, 3.63) is 64.4 Å². The SMILES string of the molecule is Clc1cccc(C#CCCNc2ncnc3ccccc23)c1Cl. The van der Waals surface area contributed by atoms with Gasteiger partial charge in [-0.1, -0.05) is 53.2 Å². The third-order valence-electron chi connectivity index (χ3n) is 3.26. The highest BCUT2D eigenvalue weighted by Gasteiger charge is 2.02. The van der Waals surface area contributed by atoms with Crippen molar-refractivity contribution >= 4 is 39.9 Å². The molecule has 3 aromatic rings. The molecule has 114 valence electrons. The largest absolute Gasteiger partial charge is 0.368 e. The molecule has 0 fully saturated rings. The van der Waals surface area contributed by atoms with Crippen LogP contribution in [0.2, 0.25) is 10.0 Å². The van der Waals surface area contributed by atoms with Gasteiger partial charge in [0.25, 0.3) is 0 Å². The van der Waals surface area contributed by atoms with E-state index in [1.165, 1.54) is 0 Å². The lowest BCUT2D eigenvalue weighted by atomic mass is 10.2. The van der Waals surface area contributed by atoms with Crippen LogP contribution in [-0.4, -0.2) is 16.5 Å². The Morgan fingerprint density at radius 2 is 1.87 bits per heavy atom. The van der Waals surface area contributed by atoms with Crippen LogP contribution in [0.3, 0.4) is 0 Å². The van der Waals surface area contributed by atoms with E-state index >= 15 is 0 Å². The molecule has 0 amide bonds. The maximum Gasteiger partial charge on any atom is 0.137 e. The summed E-state index contributed by atoms with van der Waals surface area (Å²) in [6.07, 6.45) is 2.23. The highest BCUT2D eigenvalue weighted by atomic mass is 35.5. The fourth-order valence-electron chi connectivity index (χ4n) is 2.15. The first kappa shape index (κ1) is 15.6. The number of fused-ring (bicyclic) bond motifs is 1. The van der Waals surface area contributed by atoms with Gasteiger partial charge < -0.3 is 5.32 Å². The van der Waals surface area contributed by atoms with Crippen LogP contribution in [0.1, 0.15) is 12.0 Å². The molecule has 0 radical (unpaired) electrons. The van der Waals surface area contributed by atoms with E-state index in [1.807, 2.05) is 36.4 Å². The minimum absolute atomic E-state index is 0.497. The Labute approximate surface area is 144 Å². The molecule has 0 aliphatic rings. The first-order chi connectivity index (χ1) is 11.3. The van der Waals surface area contributed by atoms with Gasteiger partial charge in [-0.2, -0.15) is 0 Å². The molecule has 0 aliphatic heterocycles. The zero-order valence-electron chi connectivity index (χ0n) is 12.2. The maximum atomic E-state index is 6.10. The standard InChI is InChI=1S/C18H13Cl2N3/c19-15-9-5-7-13(17(15)20)6-3-4-11-21-18-14-8-1-2-10-16(14)22-12-23-18/h1-2,5,7-10,12H,4,11H2,(H,21,22,23). The Morgan fingerprint density at radius 3 is 2.78 bits per heavy atom. The van der Waals surface area contributed by atoms with Crippen molar-refractivity contribution in [3.63, 3.8) is 0 Å². The van der Waals surface area contributed by atoms with E-state index in [0.717, 1.165) is 22.3 Å². The van der Waals surface area contributed by atoms with Crippen LogP contribution in [0.4, 0.5) is 5.82 Å². The lowest BCUT2D eigenvalue weighted by molar-refractivity contribution is 1.07. The zero-order valence-corrected chi connectivity index (χ0v) is 13.7. The number of hydrogen-bond acceptors (Lipinski definition) is 3. The van der Waals surface area contributed by atoms with Crippen molar-refractivity contribution in [2.45, 2.75) is 6.42 Å². The second-order valence-electron chi connectivity index (χ2n) is 4.82. The monoisotopic (exact) mass is 341 g/mol. The van der Waals surface area contributed by atoms with Gasteiger partial charge in [-0.15, -0.1) is 0 Å². The van der Waals surface area contributed by atoms with Gasteiger partial charge in [-0.25, -0.2) is 9.97 Å². The Morgan fingerprint density at radius 1 is 1.00 bits per heavy atom. The van der Waals surface area contributed by atoms with Gasteiger partial charge in [0, 0.05) is 23.9 Å². The summed E-state index contributed by atoms with van der Waals surface area (Å²) < 4.78 is 0. The molecule has 5 heteroatoms. The van der Waals surface area contributed by atoms with Crippen LogP contribution in [0.25, 0.3) is 10.9 Å². The van der Waals surface area contributed by atoms with Crippen LogP contribution in [0.15, 0.2) is 48.8 Å². The number of rotatable bonds is 3. The highest BCUT2D eigenvalue weighted by Crippen LogP contribution is 2.24. The number of nitrogens with zero attached hydrogens (tertiary/aromatic N) is 2. The summed E-state index contributed by atoms with van der Waals surface area (Å²) in [5.74, 6) is 6.94. The molecule has 0 saturated heterocycles. The summed E-state index contributed by atoms with van der Waals surface area (Å²) in [6, 6.07) is 13.3. The van der Waals surface area contributed by atoms with Gasteiger partial charge in [0.15, 0.2) is 0 Å². The van der Waals surface area contributed by atoms with Crippen molar-refractivity contribution < 1.29 is 0 Å². The minimum atomic E-state index is 0.497. The van der Waals surface area contributed by atoms with Crippen molar-refractivity contribution in [1.82, 2.24) is 9.97 Å². The molecule has 0 bridgehead atoms. The normalized spacial score (nSPS) is 10.2. The molecule has 0 aliphatic carbocycles. The second-order valence-corrected chi connectivity index (χ2v) is 5.60. The van der Waals surface area contributed by atoms with Crippen LogP contribution in [0, 0.1) is 11.8 Å². The van der Waals surface area contributed by atoms with Gasteiger partial charge in [-0.05, 0) is 24.3 Å². The average molecular weight is 342 g/mol. The molecule has 3 nitrogen and oxygen atoms in total. The number of aromatic nitrogens is 2. The number of halogens is 2. The zero-order chi connectivity index (χ0) is 16.1. The lowest BCUT2D eigenvalue weighted by Gasteiger charge is -2.06. The maximum absolute atomic E-state index is 6.10. The van der Waals surface area contributed by atoms with Gasteiger partial charge in [0.05, 0.1) is 15.6 Å². The van der Waals surface area contributed by atoms with Crippen molar-refractivity contribution in [2.75, 3.05) is 11.9 Å². The van der Waals surface area contributed by atoms with Gasteiger partial charge in [0.2, 0.25) is 0 Å². The molecule has 0 atom stereocenters. The first-order valence-corrected chi connectivity index (χ1v) is 7.88. The second kappa shape index (κ2) is 7.32. The van der Waals surface area contributed by atoms with Crippen LogP contribution in [-0.2, 0) is 0 Å². The Kier molecular flexibility index (Phi) is 4.97. The summed E-state index contributed by atoms with van der Waals surface area (Å²) in [5, 5.41) is 5.30. The van der Waals surface area contributed by atoms with Gasteiger partial charge in [-0.3, -0.25) is 0 Å². The molecule has 1 aromatic heterocycles. The van der Waals surface area contributed by atoms with E-state index in [0.29, 0.717) is 23.0 Å². The molecule has 2 aromatic carbocycles. The number of benzene rings is 2. The molecule has 23 heavy (non-hydrogen) atoms. The number of hydrogen-bond donors (Lipinski definition) is 1. The summed E-state index contributed by atoms with van der Waals surface area (Å²) in [5.41, 5.74) is 1.66. The topological polar surface area (TPSA) is 37.8 Å². The van der Waals surface area contributed by atoms with E-state index < -0.39 is 0 Å². The van der Waals surface area contributed by atoms with E-state index in [9.17, 15) is 0 Å². The van der Waals surface area contributed by atoms with E-state index in [2.05, 4.69) is 27.1 Å². The molecular formula is C18H13Cl2N3. The number of para-hydroxylation sites is 1. The van der Waals surface area contributed by atoms with Gasteiger partial charge >= 0.3 is 0 Å². The van der Waals surface area contributed by atoms with E-state index in [4.69, 9.17) is 23.2 Å². The third-order valence-corrected chi connectivity index (χ3v) is 4.08. The van der Waals surface area contributed by atoms with E-state index in [-0.39, 0.29) is 0 Å². The fraction of sp³-hybridized carbons (Fsp3) is 0.111. The summed E-state index contributed by atoms with van der Waals surface area (Å²) >= 11 is 12.1. The Balaban J connectivity index is 1.64. The summed E-state index contributed by atoms with van der Waals surface area (Å²) in [7, 11) is 0. The van der Waals surface area contributed by atoms with Crippen LogP contribution < -0.4 is 5.32 Å². The fourth-order valence-corrected chi connectivity index (χ4v) is 2.49. The highest BCUT2D eigenvalue weighted by molar-refractivity contribution is 6.42. The van der Waals surface area contributed by atoms with Crippen LogP contribution >= 0.6 is 23.2 Å². The predicted octanol–water partition coefficient (Wildman–Crippen LogP) is 4.79. The predicted molar refractivity (Wildman–Crippen MR) is 96.0 cm³/mol. The molecule has 0 unspecified atom stereocenters. The van der Waals surface area contributed by atoms with Crippen molar-refractivity contribution in [1.29, 1.82) is 0 Å². The van der Waals surface area contributed by atoms with E-state index in [1.54, 1.807) is 12.4 Å². The van der Waals surface area contributed by atoms with Gasteiger partial charge in [0.1, 0.15) is 12.1 Å².